The Balaban J connectivity index is 1.20. The van der Waals surface area contributed by atoms with Gasteiger partial charge in [0.1, 0.15) is 11.5 Å². The van der Waals surface area contributed by atoms with E-state index in [1.807, 2.05) is 18.2 Å². The van der Waals surface area contributed by atoms with Crippen LogP contribution in [0.5, 0.6) is 11.5 Å². The van der Waals surface area contributed by atoms with Crippen LogP contribution in [0.25, 0.3) is 0 Å². The van der Waals surface area contributed by atoms with Crippen molar-refractivity contribution in [2.75, 3.05) is 29.9 Å². The number of nitrogens with one attached hydrogen (secondary N) is 2. The second kappa shape index (κ2) is 7.90. The fourth-order valence-electron chi connectivity index (χ4n) is 5.81. The molecule has 0 amide bonds. The van der Waals surface area contributed by atoms with Crippen LogP contribution in [0, 0.1) is 5.92 Å². The summed E-state index contributed by atoms with van der Waals surface area (Å²) >= 11 is 0. The lowest BCUT2D eigenvalue weighted by molar-refractivity contribution is 0.0827. The molecule has 4 aliphatic rings. The Morgan fingerprint density at radius 3 is 2.46 bits per heavy atom. The molecule has 0 saturated carbocycles. The fourth-order valence-corrected chi connectivity index (χ4v) is 6.90. The summed E-state index contributed by atoms with van der Waals surface area (Å²) in [5.74, 6) is 2.02. The van der Waals surface area contributed by atoms with Crippen molar-refractivity contribution in [3.05, 3.63) is 76.9 Å². The highest BCUT2D eigenvalue weighted by molar-refractivity contribution is 7.92. The van der Waals surface area contributed by atoms with Crippen molar-refractivity contribution in [3.8, 4) is 11.5 Å². The molecule has 0 radical (unpaired) electrons. The number of hydrogen-bond acceptors (Lipinski definition) is 6. The van der Waals surface area contributed by atoms with Gasteiger partial charge in [0.25, 0.3) is 10.0 Å². The third-order valence-electron chi connectivity index (χ3n) is 7.53. The average Bonchev–Trinajstić information content (AvgIpc) is 3.62. The Kier molecular flexibility index (Phi) is 4.76. The van der Waals surface area contributed by atoms with Crippen LogP contribution in [0.1, 0.15) is 40.8 Å². The highest BCUT2D eigenvalue weighted by atomic mass is 32.2. The Morgan fingerprint density at radius 2 is 1.63 bits per heavy atom. The molecule has 0 aromatic heterocycles. The standard InChI is InChI=1S/C27H26N2O5S/c30-35(31,29-19-2-6-25-17(14-19)8-11-33-25)20-3-4-23-22(15-20)27-21(9-12-34-27)26(28-23)18-1-5-24-16(13-18)7-10-32-24/h1-6,13-15,21,26-29H,7-12H2. The topological polar surface area (TPSA) is 85.9 Å². The molecule has 1 fully saturated rings. The minimum atomic E-state index is -3.75. The van der Waals surface area contributed by atoms with Crippen molar-refractivity contribution < 1.29 is 22.6 Å². The molecule has 3 unspecified atom stereocenters. The number of ether oxygens (including phenoxy) is 3. The van der Waals surface area contributed by atoms with Gasteiger partial charge in [-0.15, -0.1) is 0 Å². The second-order valence-corrected chi connectivity index (χ2v) is 11.3. The highest BCUT2D eigenvalue weighted by Gasteiger charge is 2.42. The second-order valence-electron chi connectivity index (χ2n) is 9.61. The van der Waals surface area contributed by atoms with E-state index in [4.69, 9.17) is 14.2 Å². The minimum absolute atomic E-state index is 0.107. The lowest BCUT2D eigenvalue weighted by Crippen LogP contribution is -2.29. The van der Waals surface area contributed by atoms with Gasteiger partial charge in [-0.25, -0.2) is 8.42 Å². The zero-order valence-corrected chi connectivity index (χ0v) is 19.9. The lowest BCUT2D eigenvalue weighted by Gasteiger charge is -2.36. The molecule has 4 heterocycles. The highest BCUT2D eigenvalue weighted by Crippen LogP contribution is 2.50. The van der Waals surface area contributed by atoms with E-state index in [9.17, 15) is 8.42 Å². The Hall–Kier alpha value is -3.23. The normalized spacial score (nSPS) is 23.8. The van der Waals surface area contributed by atoms with E-state index in [0.29, 0.717) is 18.9 Å². The van der Waals surface area contributed by atoms with Crippen molar-refractivity contribution in [3.63, 3.8) is 0 Å². The maximum absolute atomic E-state index is 13.3. The predicted octanol–water partition coefficient (Wildman–Crippen LogP) is 4.60. The van der Waals surface area contributed by atoms with Gasteiger partial charge in [0.15, 0.2) is 0 Å². The summed E-state index contributed by atoms with van der Waals surface area (Å²) in [6, 6.07) is 17.2. The molecule has 3 atom stereocenters. The van der Waals surface area contributed by atoms with E-state index in [1.54, 1.807) is 18.2 Å². The first-order chi connectivity index (χ1) is 17.0. The summed E-state index contributed by atoms with van der Waals surface area (Å²) in [4.78, 5) is 0.233. The predicted molar refractivity (Wildman–Crippen MR) is 132 cm³/mol. The molecular formula is C27H26N2O5S. The summed E-state index contributed by atoms with van der Waals surface area (Å²) in [7, 11) is -3.75. The van der Waals surface area contributed by atoms with Crippen LogP contribution in [0.2, 0.25) is 0 Å². The van der Waals surface area contributed by atoms with Crippen LogP contribution >= 0.6 is 0 Å². The van der Waals surface area contributed by atoms with Gasteiger partial charge in [0, 0.05) is 42.3 Å². The van der Waals surface area contributed by atoms with E-state index in [2.05, 4.69) is 28.2 Å². The molecule has 35 heavy (non-hydrogen) atoms. The third kappa shape index (κ3) is 3.54. The number of sulfonamides is 1. The zero-order chi connectivity index (χ0) is 23.6. The summed E-state index contributed by atoms with van der Waals surface area (Å²) in [5, 5.41) is 3.68. The minimum Gasteiger partial charge on any atom is -0.493 e. The fraction of sp³-hybridized carbons (Fsp3) is 0.333. The van der Waals surface area contributed by atoms with Gasteiger partial charge in [-0.05, 0) is 71.6 Å². The van der Waals surface area contributed by atoms with Crippen molar-refractivity contribution >= 4 is 21.4 Å². The first kappa shape index (κ1) is 21.1. The number of benzene rings is 3. The summed E-state index contributed by atoms with van der Waals surface area (Å²) in [5.41, 5.74) is 5.85. The molecule has 0 spiro atoms. The third-order valence-corrected chi connectivity index (χ3v) is 8.91. The number of rotatable bonds is 4. The maximum Gasteiger partial charge on any atom is 0.261 e. The van der Waals surface area contributed by atoms with Crippen LogP contribution < -0.4 is 19.5 Å². The molecular weight excluding hydrogens is 464 g/mol. The largest absolute Gasteiger partial charge is 0.493 e. The van der Waals surface area contributed by atoms with Gasteiger partial charge in [-0.1, -0.05) is 6.07 Å². The lowest BCUT2D eigenvalue weighted by atomic mass is 9.80. The molecule has 7 nitrogen and oxygen atoms in total. The first-order valence-corrected chi connectivity index (χ1v) is 13.6. The maximum atomic E-state index is 13.3. The molecule has 0 aliphatic carbocycles. The van der Waals surface area contributed by atoms with Gasteiger partial charge >= 0.3 is 0 Å². The number of fused-ring (bicyclic) bond motifs is 5. The van der Waals surface area contributed by atoms with Crippen LogP contribution in [-0.4, -0.2) is 28.2 Å². The van der Waals surface area contributed by atoms with Gasteiger partial charge in [-0.3, -0.25) is 4.72 Å². The molecule has 2 N–H and O–H groups in total. The molecule has 7 rings (SSSR count). The number of hydrogen-bond donors (Lipinski definition) is 2. The quantitative estimate of drug-likeness (QED) is 0.556. The molecule has 180 valence electrons. The van der Waals surface area contributed by atoms with E-state index >= 15 is 0 Å². The molecule has 0 bridgehead atoms. The summed E-state index contributed by atoms with van der Waals surface area (Å²) in [6.45, 7) is 2.03. The van der Waals surface area contributed by atoms with E-state index in [0.717, 1.165) is 54.2 Å². The first-order valence-electron chi connectivity index (χ1n) is 12.1. The smallest absolute Gasteiger partial charge is 0.261 e. The monoisotopic (exact) mass is 490 g/mol. The Bertz CT molecular complexity index is 1440. The molecule has 3 aromatic rings. The SMILES string of the molecule is O=S(=O)(Nc1ccc2c(c1)CCO2)c1ccc2c(c1)C1OCCC1C(c1ccc3c(c1)CCO3)N2. The molecule has 4 aliphatic heterocycles. The zero-order valence-electron chi connectivity index (χ0n) is 19.1. The average molecular weight is 491 g/mol. The van der Waals surface area contributed by atoms with Crippen molar-refractivity contribution in [1.82, 2.24) is 0 Å². The van der Waals surface area contributed by atoms with Crippen molar-refractivity contribution in [2.24, 2.45) is 5.92 Å². The van der Waals surface area contributed by atoms with Gasteiger partial charge in [0.05, 0.1) is 30.3 Å². The van der Waals surface area contributed by atoms with Crippen LogP contribution in [0.4, 0.5) is 11.4 Å². The van der Waals surface area contributed by atoms with Gasteiger partial charge < -0.3 is 19.5 Å². The van der Waals surface area contributed by atoms with E-state index in [1.165, 1.54) is 11.1 Å². The van der Waals surface area contributed by atoms with Crippen LogP contribution in [0.3, 0.4) is 0 Å². The summed E-state index contributed by atoms with van der Waals surface area (Å²) in [6.07, 6.45) is 2.49. The Morgan fingerprint density at radius 1 is 0.857 bits per heavy atom. The Labute approximate surface area is 204 Å². The molecule has 8 heteroatoms. The van der Waals surface area contributed by atoms with Crippen molar-refractivity contribution in [2.45, 2.75) is 36.3 Å². The van der Waals surface area contributed by atoms with Crippen LogP contribution in [-0.2, 0) is 27.6 Å². The van der Waals surface area contributed by atoms with Crippen molar-refractivity contribution in [1.29, 1.82) is 0 Å². The van der Waals surface area contributed by atoms with E-state index < -0.39 is 10.0 Å². The molecule has 1 saturated heterocycles. The summed E-state index contributed by atoms with van der Waals surface area (Å²) < 4.78 is 46.6. The molecule has 3 aromatic carbocycles. The number of anilines is 2. The van der Waals surface area contributed by atoms with Gasteiger partial charge in [0.2, 0.25) is 0 Å². The van der Waals surface area contributed by atoms with E-state index in [-0.39, 0.29) is 23.0 Å². The van der Waals surface area contributed by atoms with Crippen LogP contribution in [0.15, 0.2) is 59.5 Å². The van der Waals surface area contributed by atoms with Gasteiger partial charge in [-0.2, -0.15) is 0 Å².